The molecule has 0 saturated carbocycles. The minimum absolute atomic E-state index is 0.0763. The summed E-state index contributed by atoms with van der Waals surface area (Å²) in [4.78, 5) is 0. The Labute approximate surface area is 100 Å². The number of thiophene rings is 1. The fraction of sp³-hybridized carbons (Fsp3) is 0. The van der Waals surface area contributed by atoms with Crippen molar-refractivity contribution in [3.8, 4) is 0 Å². The van der Waals surface area contributed by atoms with Crippen LogP contribution in [-0.4, -0.2) is 0 Å². The Morgan fingerprint density at radius 1 is 1.25 bits per heavy atom. The average Bonchev–Trinajstić information content (AvgIpc) is 2.31. The smallest absolute Gasteiger partial charge is 0.190 e. The molecule has 1 aromatic heterocycles. The molecule has 0 N–H and O–H groups in total. The molecule has 2 rings (SSSR count). The summed E-state index contributed by atoms with van der Waals surface area (Å²) in [6.07, 6.45) is 0. The first-order valence-corrected chi connectivity index (χ1v) is 6.19. The molecule has 12 heavy (non-hydrogen) atoms. The molecule has 0 unspecified atom stereocenters. The van der Waals surface area contributed by atoms with Gasteiger partial charge in [-0.15, -0.1) is 11.3 Å². The van der Waals surface area contributed by atoms with Crippen LogP contribution in [0.15, 0.2) is 18.2 Å². The maximum atomic E-state index is 13.1. The van der Waals surface area contributed by atoms with Crippen LogP contribution in [0.2, 0.25) is 0 Å². The molecule has 0 bridgehead atoms. The number of benzene rings is 1. The predicted molar refractivity (Wildman–Crippen MR) is 67.2 cm³/mol. The van der Waals surface area contributed by atoms with Crippen LogP contribution in [0.3, 0.4) is 0 Å². The quantitative estimate of drug-likeness (QED) is 0.577. The molecule has 0 fully saturated rings. The Balaban J connectivity index is 2.88. The van der Waals surface area contributed by atoms with Crippen molar-refractivity contribution >= 4 is 66.6 Å². The van der Waals surface area contributed by atoms with Gasteiger partial charge in [-0.05, 0) is 63.4 Å². The number of fused-ring (bicyclic) bond motifs is 1. The molecule has 0 amide bonds. The molecule has 0 aliphatic heterocycles. The van der Waals surface area contributed by atoms with Crippen molar-refractivity contribution in [2.24, 2.45) is 0 Å². The Bertz CT molecular complexity index is 436. The molecular weight excluding hydrogens is 401 g/mol. The lowest BCUT2D eigenvalue weighted by molar-refractivity contribution is 0.652. The maximum absolute atomic E-state index is 13.1. The van der Waals surface area contributed by atoms with Crippen LogP contribution in [0.5, 0.6) is 0 Å². The Hall–Kier alpha value is 0.570. The number of hydrogen-bond donors (Lipinski definition) is 0. The molecule has 0 saturated heterocycles. The van der Waals surface area contributed by atoms with Crippen LogP contribution >= 0.6 is 56.5 Å². The van der Waals surface area contributed by atoms with E-state index in [0.29, 0.717) is 0 Å². The third kappa shape index (κ3) is 1.48. The molecule has 2 aromatic rings. The molecular formula is C8H3FI2S. The number of halogens is 3. The highest BCUT2D eigenvalue weighted by Crippen LogP contribution is 2.31. The molecule has 62 valence electrons. The van der Waals surface area contributed by atoms with Gasteiger partial charge in [0.1, 0.15) is 0 Å². The van der Waals surface area contributed by atoms with E-state index in [9.17, 15) is 4.39 Å². The van der Waals surface area contributed by atoms with Gasteiger partial charge in [0.05, 0.1) is 3.57 Å². The lowest BCUT2D eigenvalue weighted by Crippen LogP contribution is -1.72. The minimum Gasteiger partial charge on any atom is -0.194 e. The predicted octanol–water partition coefficient (Wildman–Crippen LogP) is 4.25. The highest BCUT2D eigenvalue weighted by atomic mass is 127. The van der Waals surface area contributed by atoms with Gasteiger partial charge in [-0.25, -0.2) is 0 Å². The fourth-order valence-corrected chi connectivity index (χ4v) is 3.26. The third-order valence-corrected chi connectivity index (χ3v) is 4.60. The molecule has 0 atom stereocenters. The average molecular weight is 404 g/mol. The van der Waals surface area contributed by atoms with E-state index in [1.165, 1.54) is 11.3 Å². The number of hydrogen-bond acceptors (Lipinski definition) is 1. The summed E-state index contributed by atoms with van der Waals surface area (Å²) in [6.45, 7) is 0. The van der Waals surface area contributed by atoms with Crippen LogP contribution in [0.4, 0.5) is 4.39 Å². The van der Waals surface area contributed by atoms with E-state index in [2.05, 4.69) is 22.6 Å². The second kappa shape index (κ2) is 3.38. The number of rotatable bonds is 0. The normalized spacial score (nSPS) is 10.9. The highest BCUT2D eigenvalue weighted by Gasteiger charge is 2.08. The van der Waals surface area contributed by atoms with E-state index < -0.39 is 0 Å². The van der Waals surface area contributed by atoms with Crippen LogP contribution in [0.25, 0.3) is 10.1 Å². The van der Waals surface area contributed by atoms with E-state index in [-0.39, 0.29) is 5.13 Å². The third-order valence-electron chi connectivity index (χ3n) is 1.55. The molecule has 0 nitrogen and oxygen atoms in total. The summed E-state index contributed by atoms with van der Waals surface area (Å²) < 4.78 is 16.0. The van der Waals surface area contributed by atoms with Gasteiger partial charge in [-0.2, -0.15) is 4.39 Å². The van der Waals surface area contributed by atoms with Crippen molar-refractivity contribution < 1.29 is 4.39 Å². The first-order chi connectivity index (χ1) is 5.68. The summed E-state index contributed by atoms with van der Waals surface area (Å²) in [5, 5.41) is 0.956. The maximum Gasteiger partial charge on any atom is 0.190 e. The molecule has 0 aliphatic carbocycles. The summed E-state index contributed by atoms with van der Waals surface area (Å²) in [5.41, 5.74) is 0. The van der Waals surface area contributed by atoms with Crippen LogP contribution in [-0.2, 0) is 0 Å². The van der Waals surface area contributed by atoms with Gasteiger partial charge in [0.25, 0.3) is 0 Å². The van der Waals surface area contributed by atoms with Crippen LogP contribution in [0, 0.1) is 12.3 Å². The van der Waals surface area contributed by atoms with Crippen molar-refractivity contribution in [3.63, 3.8) is 0 Å². The summed E-state index contributed by atoms with van der Waals surface area (Å²) in [6, 6.07) is 5.97. The van der Waals surface area contributed by atoms with Crippen LogP contribution in [0.1, 0.15) is 0 Å². The van der Waals surface area contributed by atoms with Gasteiger partial charge >= 0.3 is 0 Å². The second-order valence-electron chi connectivity index (χ2n) is 2.33. The first-order valence-electron chi connectivity index (χ1n) is 3.21. The van der Waals surface area contributed by atoms with Crippen molar-refractivity contribution in [2.45, 2.75) is 0 Å². The van der Waals surface area contributed by atoms with Gasteiger partial charge in [-0.1, -0.05) is 0 Å². The van der Waals surface area contributed by atoms with Gasteiger partial charge in [-0.3, -0.25) is 0 Å². The Kier molecular flexibility index (Phi) is 2.57. The zero-order chi connectivity index (χ0) is 8.72. The van der Waals surface area contributed by atoms with E-state index in [1.807, 2.05) is 40.8 Å². The van der Waals surface area contributed by atoms with Crippen molar-refractivity contribution in [3.05, 3.63) is 30.5 Å². The Morgan fingerprint density at radius 3 is 2.75 bits per heavy atom. The van der Waals surface area contributed by atoms with Gasteiger partial charge in [0.2, 0.25) is 0 Å². The molecule has 1 heterocycles. The zero-order valence-corrected chi connectivity index (χ0v) is 10.9. The molecule has 0 aliphatic rings. The van der Waals surface area contributed by atoms with E-state index in [4.69, 9.17) is 0 Å². The standard InChI is InChI=1S/C8H3FI2S/c9-8-7(11)5-3-4(10)1-2-6(5)12-8/h1-3H. The lowest BCUT2D eigenvalue weighted by Gasteiger charge is -1.90. The summed E-state index contributed by atoms with van der Waals surface area (Å²) in [5.74, 6) is 0. The van der Waals surface area contributed by atoms with Crippen molar-refractivity contribution in [2.75, 3.05) is 0 Å². The summed E-state index contributed by atoms with van der Waals surface area (Å²) in [7, 11) is 0. The van der Waals surface area contributed by atoms with Gasteiger partial charge in [0, 0.05) is 13.7 Å². The zero-order valence-electron chi connectivity index (χ0n) is 5.77. The van der Waals surface area contributed by atoms with E-state index >= 15 is 0 Å². The molecule has 0 spiro atoms. The van der Waals surface area contributed by atoms with Gasteiger partial charge in [0.15, 0.2) is 5.13 Å². The second-order valence-corrected chi connectivity index (χ2v) is 5.66. The molecule has 1 aromatic carbocycles. The SMILES string of the molecule is Fc1sc2ccc(I)cc2c1I. The fourth-order valence-electron chi connectivity index (χ4n) is 1.01. The molecule has 0 radical (unpaired) electrons. The van der Waals surface area contributed by atoms with Gasteiger partial charge < -0.3 is 0 Å². The topological polar surface area (TPSA) is 0 Å². The van der Waals surface area contributed by atoms with Crippen molar-refractivity contribution in [1.29, 1.82) is 0 Å². The molecule has 4 heteroatoms. The van der Waals surface area contributed by atoms with E-state index in [1.54, 1.807) is 0 Å². The minimum atomic E-state index is -0.0763. The van der Waals surface area contributed by atoms with E-state index in [0.717, 1.165) is 17.2 Å². The summed E-state index contributed by atoms with van der Waals surface area (Å²) >= 11 is 5.49. The highest BCUT2D eigenvalue weighted by molar-refractivity contribution is 14.1. The largest absolute Gasteiger partial charge is 0.194 e. The first kappa shape index (κ1) is 9.14. The van der Waals surface area contributed by atoms with Crippen LogP contribution < -0.4 is 0 Å². The monoisotopic (exact) mass is 404 g/mol. The van der Waals surface area contributed by atoms with Crippen molar-refractivity contribution in [1.82, 2.24) is 0 Å². The Morgan fingerprint density at radius 2 is 2.00 bits per heavy atom. The lowest BCUT2D eigenvalue weighted by atomic mass is 10.3.